The van der Waals surface area contributed by atoms with Crippen LogP contribution < -0.4 is 4.74 Å². The third-order valence-corrected chi connectivity index (χ3v) is 4.36. The zero-order chi connectivity index (χ0) is 17.7. The zero-order valence-corrected chi connectivity index (χ0v) is 14.7. The number of amides is 1. The Balaban J connectivity index is 1.87. The van der Waals surface area contributed by atoms with Crippen LogP contribution >= 0.6 is 0 Å². The summed E-state index contributed by atoms with van der Waals surface area (Å²) in [6.07, 6.45) is 0.877. The smallest absolute Gasteiger partial charge is 0.303 e. The maximum atomic E-state index is 12.0. The van der Waals surface area contributed by atoms with Crippen LogP contribution in [-0.2, 0) is 15.0 Å². The molecule has 0 spiro atoms. The zero-order valence-electron chi connectivity index (χ0n) is 14.7. The number of likely N-dealkylation sites (tertiary alicyclic amines) is 1. The maximum absolute atomic E-state index is 12.0. The lowest BCUT2D eigenvalue weighted by Gasteiger charge is -2.23. The average molecular weight is 333 g/mol. The molecule has 1 heterocycles. The molecule has 132 valence electrons. The second kappa shape index (κ2) is 7.69. The number of carboxylic acid groups (broad SMARTS) is 1. The van der Waals surface area contributed by atoms with Gasteiger partial charge in [-0.15, -0.1) is 0 Å². The number of aliphatic carboxylic acids is 1. The van der Waals surface area contributed by atoms with Crippen molar-refractivity contribution in [3.63, 3.8) is 0 Å². The molecule has 1 fully saturated rings. The van der Waals surface area contributed by atoms with Crippen molar-refractivity contribution in [1.82, 2.24) is 4.90 Å². The second-order valence-corrected chi connectivity index (χ2v) is 7.45. The van der Waals surface area contributed by atoms with Gasteiger partial charge in [0, 0.05) is 25.4 Å². The number of para-hydroxylation sites is 1. The molecule has 2 rings (SSSR count). The van der Waals surface area contributed by atoms with Gasteiger partial charge in [-0.3, -0.25) is 9.59 Å². The molecule has 1 aliphatic heterocycles. The van der Waals surface area contributed by atoms with Gasteiger partial charge in [-0.25, -0.2) is 0 Å². The molecule has 0 saturated carbocycles. The molecule has 0 radical (unpaired) electrons. The molecule has 0 aliphatic carbocycles. The van der Waals surface area contributed by atoms with Crippen molar-refractivity contribution in [2.45, 2.75) is 45.4 Å². The van der Waals surface area contributed by atoms with E-state index in [1.165, 1.54) is 5.56 Å². The van der Waals surface area contributed by atoms with Crippen LogP contribution in [0.1, 0.15) is 45.6 Å². The van der Waals surface area contributed by atoms with Crippen molar-refractivity contribution in [3.8, 4) is 5.75 Å². The largest absolute Gasteiger partial charge is 0.493 e. The van der Waals surface area contributed by atoms with Crippen LogP contribution in [0, 0.1) is 5.92 Å². The van der Waals surface area contributed by atoms with E-state index in [0.29, 0.717) is 25.6 Å². The number of carbonyl (C=O) groups is 2. The molecule has 1 unspecified atom stereocenters. The van der Waals surface area contributed by atoms with E-state index in [-0.39, 0.29) is 24.2 Å². The average Bonchev–Trinajstić information content (AvgIpc) is 2.99. The topological polar surface area (TPSA) is 66.8 Å². The van der Waals surface area contributed by atoms with E-state index in [1.54, 1.807) is 4.90 Å². The summed E-state index contributed by atoms with van der Waals surface area (Å²) in [6, 6.07) is 8.07. The summed E-state index contributed by atoms with van der Waals surface area (Å²) in [5.41, 5.74) is 1.20. The molecule has 5 heteroatoms. The first kappa shape index (κ1) is 18.3. The van der Waals surface area contributed by atoms with Crippen molar-refractivity contribution >= 4 is 11.9 Å². The van der Waals surface area contributed by atoms with Crippen LogP contribution in [0.15, 0.2) is 24.3 Å². The molecule has 1 amide bonds. The number of benzene rings is 1. The predicted molar refractivity (Wildman–Crippen MR) is 92.2 cm³/mol. The minimum atomic E-state index is -0.929. The SMILES string of the molecule is CC(C)(C)c1ccccc1OCC1CCN(C(=O)CCC(=O)O)C1. The van der Waals surface area contributed by atoms with Crippen LogP contribution in [0.25, 0.3) is 0 Å². The predicted octanol–water partition coefficient (Wildman–Crippen LogP) is 3.08. The molecule has 1 atom stereocenters. The third kappa shape index (κ3) is 4.98. The van der Waals surface area contributed by atoms with E-state index >= 15 is 0 Å². The highest BCUT2D eigenvalue weighted by Crippen LogP contribution is 2.31. The lowest BCUT2D eigenvalue weighted by molar-refractivity contribution is -0.140. The Bertz CT molecular complexity index is 591. The number of rotatable bonds is 6. The summed E-state index contributed by atoms with van der Waals surface area (Å²) < 4.78 is 6.04. The molecule has 1 aliphatic rings. The molecule has 1 aromatic rings. The lowest BCUT2D eigenvalue weighted by atomic mass is 9.86. The molecule has 1 saturated heterocycles. The highest BCUT2D eigenvalue weighted by Gasteiger charge is 2.27. The van der Waals surface area contributed by atoms with Gasteiger partial charge in [-0.2, -0.15) is 0 Å². The van der Waals surface area contributed by atoms with Gasteiger partial charge in [0.2, 0.25) is 5.91 Å². The van der Waals surface area contributed by atoms with E-state index in [2.05, 4.69) is 26.8 Å². The minimum absolute atomic E-state index is 0.0190. The molecule has 0 aromatic heterocycles. The fraction of sp³-hybridized carbons (Fsp3) is 0.579. The van der Waals surface area contributed by atoms with Gasteiger partial charge in [0.05, 0.1) is 13.0 Å². The van der Waals surface area contributed by atoms with E-state index in [4.69, 9.17) is 9.84 Å². The van der Waals surface area contributed by atoms with Crippen molar-refractivity contribution < 1.29 is 19.4 Å². The molecule has 1 N–H and O–H groups in total. The number of carboxylic acids is 1. The Morgan fingerprint density at radius 1 is 1.25 bits per heavy atom. The Hall–Kier alpha value is -2.04. The molecule has 0 bridgehead atoms. The summed E-state index contributed by atoms with van der Waals surface area (Å²) in [5.74, 6) is 0.198. The molecular weight excluding hydrogens is 306 g/mol. The van der Waals surface area contributed by atoms with Crippen LogP contribution in [-0.4, -0.2) is 41.6 Å². The van der Waals surface area contributed by atoms with Crippen LogP contribution in [0.2, 0.25) is 0 Å². The van der Waals surface area contributed by atoms with E-state index in [1.807, 2.05) is 18.2 Å². The summed E-state index contributed by atoms with van der Waals surface area (Å²) in [5, 5.41) is 8.67. The van der Waals surface area contributed by atoms with E-state index in [9.17, 15) is 9.59 Å². The maximum Gasteiger partial charge on any atom is 0.303 e. The Labute approximate surface area is 143 Å². The normalized spacial score (nSPS) is 17.8. The fourth-order valence-corrected chi connectivity index (χ4v) is 2.99. The van der Waals surface area contributed by atoms with Gasteiger partial charge < -0.3 is 14.7 Å². The van der Waals surface area contributed by atoms with Crippen LogP contribution in [0.3, 0.4) is 0 Å². The third-order valence-electron chi connectivity index (χ3n) is 4.36. The summed E-state index contributed by atoms with van der Waals surface area (Å²) >= 11 is 0. The summed E-state index contributed by atoms with van der Waals surface area (Å²) in [7, 11) is 0. The summed E-state index contributed by atoms with van der Waals surface area (Å²) in [6.45, 7) is 8.40. The first-order valence-corrected chi connectivity index (χ1v) is 8.49. The molecule has 5 nitrogen and oxygen atoms in total. The quantitative estimate of drug-likeness (QED) is 0.869. The van der Waals surface area contributed by atoms with Crippen molar-refractivity contribution in [3.05, 3.63) is 29.8 Å². The van der Waals surface area contributed by atoms with Gasteiger partial charge >= 0.3 is 5.97 Å². The van der Waals surface area contributed by atoms with Gasteiger partial charge in [0.1, 0.15) is 5.75 Å². The molecular formula is C19H27NO4. The van der Waals surface area contributed by atoms with Gasteiger partial charge in [-0.1, -0.05) is 39.0 Å². The van der Waals surface area contributed by atoms with Crippen molar-refractivity contribution in [2.24, 2.45) is 5.92 Å². The van der Waals surface area contributed by atoms with Crippen molar-refractivity contribution in [2.75, 3.05) is 19.7 Å². The second-order valence-electron chi connectivity index (χ2n) is 7.45. The first-order chi connectivity index (χ1) is 11.3. The standard InChI is InChI=1S/C19H27NO4/c1-19(2,3)15-6-4-5-7-16(15)24-13-14-10-11-20(12-14)17(21)8-9-18(22)23/h4-7,14H,8-13H2,1-3H3,(H,22,23). The number of ether oxygens (including phenoxy) is 1. The highest BCUT2D eigenvalue weighted by molar-refractivity contribution is 5.80. The first-order valence-electron chi connectivity index (χ1n) is 8.49. The lowest BCUT2D eigenvalue weighted by Crippen LogP contribution is -2.29. The van der Waals surface area contributed by atoms with Gasteiger partial charge in [-0.05, 0) is 23.5 Å². The molecule has 24 heavy (non-hydrogen) atoms. The molecule has 1 aromatic carbocycles. The Morgan fingerprint density at radius 2 is 1.96 bits per heavy atom. The van der Waals surface area contributed by atoms with Crippen molar-refractivity contribution in [1.29, 1.82) is 0 Å². The Morgan fingerprint density at radius 3 is 2.62 bits per heavy atom. The highest BCUT2D eigenvalue weighted by atomic mass is 16.5. The van der Waals surface area contributed by atoms with Gasteiger partial charge in [0.15, 0.2) is 0 Å². The number of hydrogen-bond donors (Lipinski definition) is 1. The van der Waals surface area contributed by atoms with E-state index in [0.717, 1.165) is 12.2 Å². The minimum Gasteiger partial charge on any atom is -0.493 e. The number of hydrogen-bond acceptors (Lipinski definition) is 3. The number of carbonyl (C=O) groups excluding carboxylic acids is 1. The fourth-order valence-electron chi connectivity index (χ4n) is 2.99. The number of nitrogens with zero attached hydrogens (tertiary/aromatic N) is 1. The Kier molecular flexibility index (Phi) is 5.86. The van der Waals surface area contributed by atoms with Gasteiger partial charge in [0.25, 0.3) is 0 Å². The monoisotopic (exact) mass is 333 g/mol. The summed E-state index contributed by atoms with van der Waals surface area (Å²) in [4.78, 5) is 24.3. The van der Waals surface area contributed by atoms with Crippen LogP contribution in [0.5, 0.6) is 5.75 Å². The van der Waals surface area contributed by atoms with Crippen LogP contribution in [0.4, 0.5) is 0 Å². The van der Waals surface area contributed by atoms with E-state index < -0.39 is 5.97 Å².